The van der Waals surface area contributed by atoms with Crippen LogP contribution in [0.2, 0.25) is 0 Å². The summed E-state index contributed by atoms with van der Waals surface area (Å²) in [6, 6.07) is -0.942. The van der Waals surface area contributed by atoms with Crippen LogP contribution in [0.4, 0.5) is 0 Å². The fourth-order valence-corrected chi connectivity index (χ4v) is 4.12. The van der Waals surface area contributed by atoms with Crippen LogP contribution in [0.3, 0.4) is 0 Å². The second-order valence-electron chi connectivity index (χ2n) is 6.28. The van der Waals surface area contributed by atoms with E-state index in [0.29, 0.717) is 25.8 Å². The Morgan fingerprint density at radius 3 is 2.54 bits per heavy atom. The molecule has 8 nitrogen and oxygen atoms in total. The van der Waals surface area contributed by atoms with Gasteiger partial charge in [-0.15, -0.1) is 0 Å². The molecule has 0 radical (unpaired) electrons. The van der Waals surface area contributed by atoms with Gasteiger partial charge in [-0.1, -0.05) is 13.8 Å². The van der Waals surface area contributed by atoms with E-state index < -0.39 is 28.1 Å². The van der Waals surface area contributed by atoms with Gasteiger partial charge in [0.15, 0.2) is 0 Å². The van der Waals surface area contributed by atoms with Crippen LogP contribution in [-0.2, 0) is 29.3 Å². The Bertz CT molecular complexity index is 534. The average Bonchev–Trinajstić information content (AvgIpc) is 2.53. The number of piperidine rings is 1. The van der Waals surface area contributed by atoms with Crippen molar-refractivity contribution in [3.8, 4) is 0 Å². The van der Waals surface area contributed by atoms with Gasteiger partial charge in [0, 0.05) is 13.1 Å². The van der Waals surface area contributed by atoms with E-state index in [1.54, 1.807) is 6.92 Å². The van der Waals surface area contributed by atoms with Gasteiger partial charge in [-0.25, -0.2) is 0 Å². The maximum atomic E-state index is 12.6. The van der Waals surface area contributed by atoms with Gasteiger partial charge in [-0.3, -0.25) is 9.59 Å². The van der Waals surface area contributed by atoms with E-state index in [1.165, 1.54) is 11.4 Å². The zero-order valence-electron chi connectivity index (χ0n) is 14.8. The van der Waals surface area contributed by atoms with E-state index in [2.05, 4.69) is 9.46 Å². The molecule has 1 heterocycles. The number of rotatable bonds is 8. The highest BCUT2D eigenvalue weighted by molar-refractivity contribution is 7.87. The lowest BCUT2D eigenvalue weighted by Crippen LogP contribution is -2.52. The number of esters is 2. The fraction of sp³-hybridized carbons (Fsp3) is 0.867. The molecule has 0 bridgehead atoms. The Kier molecular flexibility index (Phi) is 8.11. The third-order valence-electron chi connectivity index (χ3n) is 3.83. The number of carbonyl (C=O) groups is 2. The highest BCUT2D eigenvalue weighted by Gasteiger charge is 2.35. The first-order valence-electron chi connectivity index (χ1n) is 8.23. The maximum Gasteiger partial charge on any atom is 0.323 e. The van der Waals surface area contributed by atoms with Gasteiger partial charge in [-0.05, 0) is 32.1 Å². The Balaban J connectivity index is 2.81. The van der Waals surface area contributed by atoms with Crippen molar-refractivity contribution in [2.75, 3.05) is 26.8 Å². The van der Waals surface area contributed by atoms with Crippen molar-refractivity contribution >= 4 is 22.1 Å². The molecule has 1 aliphatic heterocycles. The number of methoxy groups -OCH3 is 1. The van der Waals surface area contributed by atoms with Gasteiger partial charge in [0.1, 0.15) is 6.04 Å². The van der Waals surface area contributed by atoms with Gasteiger partial charge in [0.2, 0.25) is 0 Å². The summed E-state index contributed by atoms with van der Waals surface area (Å²) in [5, 5.41) is 0. The van der Waals surface area contributed by atoms with Gasteiger partial charge in [-0.2, -0.15) is 17.4 Å². The molecular formula is C15H28N2O6S. The summed E-state index contributed by atoms with van der Waals surface area (Å²) in [4.78, 5) is 23.7. The average molecular weight is 364 g/mol. The summed E-state index contributed by atoms with van der Waals surface area (Å²) in [5.41, 5.74) is 0. The predicted octanol–water partition coefficient (Wildman–Crippen LogP) is 0.684. The summed E-state index contributed by atoms with van der Waals surface area (Å²) < 4.78 is 38.4. The van der Waals surface area contributed by atoms with Gasteiger partial charge in [0.25, 0.3) is 10.2 Å². The lowest BCUT2D eigenvalue weighted by molar-refractivity contribution is -0.149. The third-order valence-corrected chi connectivity index (χ3v) is 5.42. The highest BCUT2D eigenvalue weighted by atomic mass is 32.2. The maximum absolute atomic E-state index is 12.6. The van der Waals surface area contributed by atoms with Crippen molar-refractivity contribution < 1.29 is 27.5 Å². The van der Waals surface area contributed by atoms with E-state index >= 15 is 0 Å². The minimum atomic E-state index is -3.89. The molecule has 1 fully saturated rings. The number of hydrogen-bond acceptors (Lipinski definition) is 6. The monoisotopic (exact) mass is 364 g/mol. The molecule has 0 spiro atoms. The SMILES string of the molecule is CCOC(=O)[C@@H]1CCCN(S(=O)(=O)N[C@H](CC(C)C)C(=O)OC)C1. The first-order valence-corrected chi connectivity index (χ1v) is 9.67. The summed E-state index contributed by atoms with van der Waals surface area (Å²) in [5.74, 6) is -1.36. The van der Waals surface area contributed by atoms with Gasteiger partial charge >= 0.3 is 11.9 Å². The van der Waals surface area contributed by atoms with Crippen molar-refractivity contribution in [3.63, 3.8) is 0 Å². The van der Waals surface area contributed by atoms with Crippen LogP contribution in [0.5, 0.6) is 0 Å². The first-order chi connectivity index (χ1) is 11.2. The molecule has 140 valence electrons. The number of nitrogens with zero attached hydrogens (tertiary/aromatic N) is 1. The molecule has 0 aromatic carbocycles. The molecular weight excluding hydrogens is 336 g/mol. The van der Waals surface area contributed by atoms with Crippen molar-refractivity contribution in [2.45, 2.75) is 46.1 Å². The van der Waals surface area contributed by atoms with E-state index in [4.69, 9.17) is 4.74 Å². The molecule has 0 aromatic rings. The van der Waals surface area contributed by atoms with Crippen LogP contribution in [0.15, 0.2) is 0 Å². The minimum Gasteiger partial charge on any atom is -0.468 e. The van der Waals surface area contributed by atoms with Crippen LogP contribution in [-0.4, -0.2) is 57.5 Å². The topological polar surface area (TPSA) is 102 Å². The quantitative estimate of drug-likeness (QED) is 0.636. The normalized spacial score (nSPS) is 20.6. The minimum absolute atomic E-state index is 0.0593. The molecule has 1 N–H and O–H groups in total. The Morgan fingerprint density at radius 2 is 2.00 bits per heavy atom. The Hall–Kier alpha value is -1.19. The smallest absolute Gasteiger partial charge is 0.323 e. The molecule has 1 aliphatic rings. The van der Waals surface area contributed by atoms with Gasteiger partial charge in [0.05, 0.1) is 19.6 Å². The third kappa shape index (κ3) is 6.03. The molecule has 2 atom stereocenters. The number of nitrogens with one attached hydrogen (secondary N) is 1. The van der Waals surface area contributed by atoms with Crippen molar-refractivity contribution in [2.24, 2.45) is 11.8 Å². The molecule has 0 aliphatic carbocycles. The zero-order chi connectivity index (χ0) is 18.3. The van der Waals surface area contributed by atoms with Crippen LogP contribution in [0, 0.1) is 11.8 Å². The van der Waals surface area contributed by atoms with Crippen LogP contribution >= 0.6 is 0 Å². The van der Waals surface area contributed by atoms with Crippen LogP contribution in [0.1, 0.15) is 40.0 Å². The molecule has 1 saturated heterocycles. The van der Waals surface area contributed by atoms with Crippen LogP contribution in [0.25, 0.3) is 0 Å². The Labute approximate surface area is 144 Å². The number of hydrogen-bond donors (Lipinski definition) is 1. The largest absolute Gasteiger partial charge is 0.468 e. The second-order valence-corrected chi connectivity index (χ2v) is 7.98. The molecule has 9 heteroatoms. The summed E-state index contributed by atoms with van der Waals surface area (Å²) in [6.07, 6.45) is 1.50. The lowest BCUT2D eigenvalue weighted by atomic mass is 10.0. The van der Waals surface area contributed by atoms with E-state index in [-0.39, 0.29) is 25.0 Å². The molecule has 0 unspecified atom stereocenters. The summed E-state index contributed by atoms with van der Waals surface area (Å²) >= 11 is 0. The number of carbonyl (C=O) groups excluding carboxylic acids is 2. The van der Waals surface area contributed by atoms with Gasteiger partial charge < -0.3 is 9.47 Å². The Morgan fingerprint density at radius 1 is 1.33 bits per heavy atom. The van der Waals surface area contributed by atoms with Crippen molar-refractivity contribution in [3.05, 3.63) is 0 Å². The summed E-state index contributed by atoms with van der Waals surface area (Å²) in [7, 11) is -2.67. The van der Waals surface area contributed by atoms with Crippen molar-refractivity contribution in [1.82, 2.24) is 9.03 Å². The lowest BCUT2D eigenvalue weighted by Gasteiger charge is -2.31. The standard InChI is InChI=1S/C15H28N2O6S/c1-5-23-14(18)12-7-6-8-17(10-12)24(20,21)16-13(9-11(2)3)15(19)22-4/h11-13,16H,5-10H2,1-4H3/t12-,13-/m1/s1. The predicted molar refractivity (Wildman–Crippen MR) is 88.2 cm³/mol. The van der Waals surface area contributed by atoms with E-state index in [1.807, 2.05) is 13.8 Å². The first kappa shape index (κ1) is 20.9. The van der Waals surface area contributed by atoms with E-state index in [0.717, 1.165) is 0 Å². The molecule has 1 rings (SSSR count). The molecule has 0 amide bonds. The summed E-state index contributed by atoms with van der Waals surface area (Å²) in [6.45, 7) is 6.12. The molecule has 0 saturated carbocycles. The van der Waals surface area contributed by atoms with Crippen molar-refractivity contribution in [1.29, 1.82) is 0 Å². The van der Waals surface area contributed by atoms with E-state index in [9.17, 15) is 18.0 Å². The fourth-order valence-electron chi connectivity index (χ4n) is 2.67. The second kappa shape index (κ2) is 9.33. The highest BCUT2D eigenvalue weighted by Crippen LogP contribution is 2.20. The molecule has 24 heavy (non-hydrogen) atoms. The van der Waals surface area contributed by atoms with Crippen LogP contribution < -0.4 is 4.72 Å². The molecule has 0 aromatic heterocycles. The number of ether oxygens (including phenoxy) is 2. The zero-order valence-corrected chi connectivity index (χ0v) is 15.6.